The van der Waals surface area contributed by atoms with Gasteiger partial charge in [0.1, 0.15) is 17.3 Å². The van der Waals surface area contributed by atoms with Gasteiger partial charge in [-0.25, -0.2) is 4.39 Å². The molecule has 0 fully saturated rings. The van der Waals surface area contributed by atoms with Gasteiger partial charge in [-0.2, -0.15) is 0 Å². The molecule has 122 valence electrons. The molecule has 23 heavy (non-hydrogen) atoms. The Morgan fingerprint density at radius 2 is 1.78 bits per heavy atom. The zero-order chi connectivity index (χ0) is 17.2. The summed E-state index contributed by atoms with van der Waals surface area (Å²) in [6.07, 6.45) is -4.82. The number of amides is 1. The number of phenols is 1. The second-order valence-corrected chi connectivity index (χ2v) is 4.72. The molecular formula is C14H8ClF4NO3. The SMILES string of the molecule is O=C(Nc1ccc(OC(F)(F)F)cc1)c1cc(Cl)c(F)cc1O. The Labute approximate surface area is 132 Å². The number of carbonyl (C=O) groups excluding carboxylic acids is 1. The molecule has 0 bridgehead atoms. The van der Waals surface area contributed by atoms with E-state index < -0.39 is 29.6 Å². The van der Waals surface area contributed by atoms with Crippen LogP contribution in [0.5, 0.6) is 11.5 Å². The Kier molecular flexibility index (Phi) is 4.65. The Hall–Kier alpha value is -2.48. The molecule has 1 amide bonds. The van der Waals surface area contributed by atoms with E-state index >= 15 is 0 Å². The van der Waals surface area contributed by atoms with Crippen LogP contribution in [0.2, 0.25) is 5.02 Å². The molecule has 0 aliphatic carbocycles. The van der Waals surface area contributed by atoms with Crippen molar-refractivity contribution >= 4 is 23.2 Å². The molecule has 2 aromatic rings. The topological polar surface area (TPSA) is 58.6 Å². The highest BCUT2D eigenvalue weighted by molar-refractivity contribution is 6.31. The van der Waals surface area contributed by atoms with E-state index in [2.05, 4.69) is 10.1 Å². The molecule has 0 unspecified atom stereocenters. The van der Waals surface area contributed by atoms with Gasteiger partial charge in [-0.15, -0.1) is 13.2 Å². The average molecular weight is 350 g/mol. The number of hydrogen-bond acceptors (Lipinski definition) is 3. The molecule has 0 saturated carbocycles. The Bertz CT molecular complexity index is 732. The number of aromatic hydroxyl groups is 1. The monoisotopic (exact) mass is 349 g/mol. The maximum atomic E-state index is 13.1. The van der Waals surface area contributed by atoms with Crippen molar-refractivity contribution in [2.75, 3.05) is 5.32 Å². The number of hydrogen-bond donors (Lipinski definition) is 2. The third-order valence-electron chi connectivity index (χ3n) is 2.63. The van der Waals surface area contributed by atoms with E-state index in [-0.39, 0.29) is 16.3 Å². The van der Waals surface area contributed by atoms with Crippen LogP contribution in [0.15, 0.2) is 36.4 Å². The van der Waals surface area contributed by atoms with Crippen molar-refractivity contribution in [3.63, 3.8) is 0 Å². The number of rotatable bonds is 3. The molecule has 0 aliphatic rings. The van der Waals surface area contributed by atoms with Gasteiger partial charge in [0.05, 0.1) is 10.6 Å². The minimum Gasteiger partial charge on any atom is -0.507 e. The van der Waals surface area contributed by atoms with Crippen molar-refractivity contribution in [2.24, 2.45) is 0 Å². The van der Waals surface area contributed by atoms with Crippen LogP contribution in [0.4, 0.5) is 23.2 Å². The van der Waals surface area contributed by atoms with Gasteiger partial charge in [-0.3, -0.25) is 4.79 Å². The summed E-state index contributed by atoms with van der Waals surface area (Å²) in [5.41, 5.74) is -0.142. The van der Waals surface area contributed by atoms with Crippen LogP contribution in [-0.4, -0.2) is 17.4 Å². The molecule has 2 aromatic carbocycles. The maximum Gasteiger partial charge on any atom is 0.573 e. The Morgan fingerprint density at radius 3 is 2.35 bits per heavy atom. The molecular weight excluding hydrogens is 342 g/mol. The van der Waals surface area contributed by atoms with Gasteiger partial charge in [-0.1, -0.05) is 11.6 Å². The fourth-order valence-corrected chi connectivity index (χ4v) is 1.82. The number of benzene rings is 2. The molecule has 2 rings (SSSR count). The highest BCUT2D eigenvalue weighted by Gasteiger charge is 2.31. The summed E-state index contributed by atoms with van der Waals surface area (Å²) in [6, 6.07) is 5.95. The van der Waals surface area contributed by atoms with Crippen molar-refractivity contribution < 1.29 is 32.2 Å². The minimum atomic E-state index is -4.82. The molecule has 0 radical (unpaired) electrons. The Morgan fingerprint density at radius 1 is 1.17 bits per heavy atom. The van der Waals surface area contributed by atoms with E-state index in [0.29, 0.717) is 6.07 Å². The highest BCUT2D eigenvalue weighted by atomic mass is 35.5. The third-order valence-corrected chi connectivity index (χ3v) is 2.92. The van der Waals surface area contributed by atoms with E-state index in [1.807, 2.05) is 0 Å². The van der Waals surface area contributed by atoms with Crippen molar-refractivity contribution in [1.82, 2.24) is 0 Å². The molecule has 0 spiro atoms. The van der Waals surface area contributed by atoms with Crippen LogP contribution in [0.25, 0.3) is 0 Å². The predicted molar refractivity (Wildman–Crippen MR) is 74.2 cm³/mol. The van der Waals surface area contributed by atoms with Crippen LogP contribution in [0.1, 0.15) is 10.4 Å². The molecule has 0 aliphatic heterocycles. The second-order valence-electron chi connectivity index (χ2n) is 4.31. The molecule has 0 saturated heterocycles. The molecule has 0 atom stereocenters. The number of alkyl halides is 3. The largest absolute Gasteiger partial charge is 0.573 e. The van der Waals surface area contributed by atoms with Crippen LogP contribution >= 0.6 is 11.6 Å². The van der Waals surface area contributed by atoms with E-state index in [4.69, 9.17) is 11.6 Å². The zero-order valence-electron chi connectivity index (χ0n) is 11.1. The fraction of sp³-hybridized carbons (Fsp3) is 0.0714. The molecule has 9 heteroatoms. The minimum absolute atomic E-state index is 0.143. The van der Waals surface area contributed by atoms with Gasteiger partial charge in [0, 0.05) is 11.8 Å². The van der Waals surface area contributed by atoms with Gasteiger partial charge in [0.2, 0.25) is 0 Å². The Balaban J connectivity index is 2.13. The lowest BCUT2D eigenvalue weighted by Crippen LogP contribution is -2.17. The number of halogens is 5. The predicted octanol–water partition coefficient (Wildman–Crippen LogP) is 4.34. The summed E-state index contributed by atoms with van der Waals surface area (Å²) < 4.78 is 52.9. The first-order chi connectivity index (χ1) is 10.7. The molecule has 0 aromatic heterocycles. The standard InChI is InChI=1S/C14H8ClF4NO3/c15-10-5-9(12(21)6-11(10)16)13(22)20-7-1-3-8(4-2-7)23-14(17,18)19/h1-6,21H,(H,20,22). The summed E-state index contributed by atoms with van der Waals surface area (Å²) >= 11 is 5.53. The maximum absolute atomic E-state index is 13.1. The average Bonchev–Trinajstić information content (AvgIpc) is 2.43. The first-order valence-electron chi connectivity index (χ1n) is 6.01. The lowest BCUT2D eigenvalue weighted by Gasteiger charge is -2.10. The van der Waals surface area contributed by atoms with Crippen molar-refractivity contribution in [3.8, 4) is 11.5 Å². The summed E-state index contributed by atoms with van der Waals surface area (Å²) in [7, 11) is 0. The zero-order valence-corrected chi connectivity index (χ0v) is 11.9. The van der Waals surface area contributed by atoms with Gasteiger partial charge in [-0.05, 0) is 30.3 Å². The highest BCUT2D eigenvalue weighted by Crippen LogP contribution is 2.27. The van der Waals surface area contributed by atoms with E-state index in [9.17, 15) is 27.5 Å². The molecule has 2 N–H and O–H groups in total. The summed E-state index contributed by atoms with van der Waals surface area (Å²) in [6.45, 7) is 0. The summed E-state index contributed by atoms with van der Waals surface area (Å²) in [5.74, 6) is -2.78. The van der Waals surface area contributed by atoms with Gasteiger partial charge >= 0.3 is 6.36 Å². The van der Waals surface area contributed by atoms with Crippen molar-refractivity contribution in [1.29, 1.82) is 0 Å². The fourth-order valence-electron chi connectivity index (χ4n) is 1.66. The first-order valence-corrected chi connectivity index (χ1v) is 6.38. The van der Waals surface area contributed by atoms with Crippen LogP contribution in [0.3, 0.4) is 0 Å². The van der Waals surface area contributed by atoms with Crippen molar-refractivity contribution in [2.45, 2.75) is 6.36 Å². The lowest BCUT2D eigenvalue weighted by atomic mass is 10.1. The smallest absolute Gasteiger partial charge is 0.507 e. The number of anilines is 1. The number of ether oxygens (including phenoxy) is 1. The first kappa shape index (κ1) is 16.9. The van der Waals surface area contributed by atoms with Gasteiger partial charge < -0.3 is 15.2 Å². The molecule has 4 nitrogen and oxygen atoms in total. The number of carbonyl (C=O) groups is 1. The van der Waals surface area contributed by atoms with Crippen LogP contribution < -0.4 is 10.1 Å². The lowest BCUT2D eigenvalue weighted by molar-refractivity contribution is -0.274. The van der Waals surface area contributed by atoms with E-state index in [1.165, 1.54) is 12.1 Å². The quantitative estimate of drug-likeness (QED) is 0.811. The van der Waals surface area contributed by atoms with Crippen molar-refractivity contribution in [3.05, 3.63) is 52.8 Å². The van der Waals surface area contributed by atoms with Crippen LogP contribution in [0, 0.1) is 5.82 Å². The molecule has 0 heterocycles. The summed E-state index contributed by atoms with van der Waals surface area (Å²) in [4.78, 5) is 11.9. The van der Waals surface area contributed by atoms with Gasteiger partial charge in [0.15, 0.2) is 0 Å². The number of phenolic OH excluding ortho intramolecular Hbond substituents is 1. The third kappa shape index (κ3) is 4.49. The van der Waals surface area contributed by atoms with Crippen LogP contribution in [-0.2, 0) is 0 Å². The van der Waals surface area contributed by atoms with Gasteiger partial charge in [0.25, 0.3) is 5.91 Å². The number of nitrogens with one attached hydrogen (secondary N) is 1. The van der Waals surface area contributed by atoms with E-state index in [1.54, 1.807) is 0 Å². The second kappa shape index (κ2) is 6.33. The normalized spacial score (nSPS) is 11.2. The van der Waals surface area contributed by atoms with E-state index in [0.717, 1.165) is 18.2 Å². The summed E-state index contributed by atoms with van der Waals surface area (Å²) in [5, 5.41) is 11.5.